The fraction of sp³-hybridized carbons (Fsp3) is 0.600. The average molecular weight is 181 g/mol. The van der Waals surface area contributed by atoms with Gasteiger partial charge in [-0.2, -0.15) is 0 Å². The summed E-state index contributed by atoms with van der Waals surface area (Å²) in [6.45, 7) is 2.21. The zero-order valence-electron chi connectivity index (χ0n) is 7.68. The van der Waals surface area contributed by atoms with E-state index in [0.717, 1.165) is 0 Å². The van der Waals surface area contributed by atoms with E-state index in [1.165, 1.54) is 24.1 Å². The van der Waals surface area contributed by atoms with Crippen LogP contribution in [0.3, 0.4) is 0 Å². The zero-order valence-corrected chi connectivity index (χ0v) is 8.50. The van der Waals surface area contributed by atoms with E-state index in [4.69, 9.17) is 0 Å². The molecule has 0 fully saturated rings. The molecule has 1 aliphatic rings. The fourth-order valence-electron chi connectivity index (χ4n) is 1.92. The Labute approximate surface area is 77.8 Å². The summed E-state index contributed by atoms with van der Waals surface area (Å²) in [6, 6.07) is 3.07. The highest BCUT2D eigenvalue weighted by molar-refractivity contribution is 7.12. The first-order valence-electron chi connectivity index (χ1n) is 4.55. The standard InChI is InChI=1S/C10H15NS/c1-7-5-8-6-9(11-2)3-4-10(8)12-7/h5,9,11H,3-4,6H2,1-2H3. The lowest BCUT2D eigenvalue weighted by molar-refractivity contribution is 0.500. The Morgan fingerprint density at radius 3 is 3.17 bits per heavy atom. The predicted molar refractivity (Wildman–Crippen MR) is 53.9 cm³/mol. The molecule has 1 aromatic heterocycles. The monoisotopic (exact) mass is 181 g/mol. The van der Waals surface area contributed by atoms with Crippen molar-refractivity contribution in [3.05, 3.63) is 21.4 Å². The van der Waals surface area contributed by atoms with Crippen molar-refractivity contribution in [2.24, 2.45) is 0 Å². The molecule has 1 N–H and O–H groups in total. The summed E-state index contributed by atoms with van der Waals surface area (Å²) in [7, 11) is 2.06. The third-order valence-corrected chi connectivity index (χ3v) is 3.77. The van der Waals surface area contributed by atoms with Crippen LogP contribution in [0.1, 0.15) is 21.7 Å². The van der Waals surface area contributed by atoms with E-state index in [1.54, 1.807) is 10.4 Å². The minimum Gasteiger partial charge on any atom is -0.317 e. The van der Waals surface area contributed by atoms with Gasteiger partial charge in [0.2, 0.25) is 0 Å². The Morgan fingerprint density at radius 1 is 1.58 bits per heavy atom. The summed E-state index contributed by atoms with van der Waals surface area (Å²) in [5.41, 5.74) is 1.59. The quantitative estimate of drug-likeness (QED) is 0.700. The SMILES string of the molecule is CNC1CCc2sc(C)cc2C1. The highest BCUT2D eigenvalue weighted by Crippen LogP contribution is 2.28. The van der Waals surface area contributed by atoms with Crippen molar-refractivity contribution in [3.8, 4) is 0 Å². The number of thiophene rings is 1. The van der Waals surface area contributed by atoms with Gasteiger partial charge in [0.25, 0.3) is 0 Å². The molecular weight excluding hydrogens is 166 g/mol. The van der Waals surface area contributed by atoms with E-state index in [1.807, 2.05) is 11.3 Å². The molecule has 1 nitrogen and oxygen atoms in total. The summed E-state index contributed by atoms with van der Waals surface area (Å²) < 4.78 is 0. The van der Waals surface area contributed by atoms with Crippen LogP contribution >= 0.6 is 11.3 Å². The van der Waals surface area contributed by atoms with Crippen LogP contribution < -0.4 is 5.32 Å². The van der Waals surface area contributed by atoms with Gasteiger partial charge >= 0.3 is 0 Å². The maximum Gasteiger partial charge on any atom is 0.0108 e. The molecule has 0 aliphatic heterocycles. The third kappa shape index (κ3) is 1.41. The molecule has 0 saturated carbocycles. The molecule has 2 heteroatoms. The van der Waals surface area contributed by atoms with Crippen LogP contribution in [0.5, 0.6) is 0 Å². The smallest absolute Gasteiger partial charge is 0.0108 e. The van der Waals surface area contributed by atoms with E-state index in [0.29, 0.717) is 6.04 Å². The lowest BCUT2D eigenvalue weighted by Crippen LogP contribution is -2.30. The first-order valence-corrected chi connectivity index (χ1v) is 5.36. The number of likely N-dealkylation sites (N-methyl/N-ethyl adjacent to an activating group) is 1. The molecule has 0 bridgehead atoms. The van der Waals surface area contributed by atoms with Crippen molar-refractivity contribution in [2.45, 2.75) is 32.2 Å². The minimum atomic E-state index is 0.714. The number of aryl methyl sites for hydroxylation is 2. The zero-order chi connectivity index (χ0) is 8.55. The lowest BCUT2D eigenvalue weighted by Gasteiger charge is -2.21. The molecule has 0 spiro atoms. The summed E-state index contributed by atoms with van der Waals surface area (Å²) in [4.78, 5) is 3.09. The second-order valence-electron chi connectivity index (χ2n) is 3.53. The van der Waals surface area contributed by atoms with Gasteiger partial charge in [0.05, 0.1) is 0 Å². The maximum absolute atomic E-state index is 3.36. The van der Waals surface area contributed by atoms with E-state index < -0.39 is 0 Å². The van der Waals surface area contributed by atoms with E-state index in [2.05, 4.69) is 25.4 Å². The van der Waals surface area contributed by atoms with Crippen LogP contribution in [0, 0.1) is 6.92 Å². The summed E-state index contributed by atoms with van der Waals surface area (Å²) in [5, 5.41) is 3.36. The minimum absolute atomic E-state index is 0.714. The second kappa shape index (κ2) is 3.19. The van der Waals surface area contributed by atoms with E-state index >= 15 is 0 Å². The Kier molecular flexibility index (Phi) is 2.20. The van der Waals surface area contributed by atoms with E-state index in [-0.39, 0.29) is 0 Å². The van der Waals surface area contributed by atoms with Gasteiger partial charge in [0.1, 0.15) is 0 Å². The number of hydrogen-bond donors (Lipinski definition) is 1. The molecule has 1 atom stereocenters. The predicted octanol–water partition coefficient (Wildman–Crippen LogP) is 2.13. The van der Waals surface area contributed by atoms with Gasteiger partial charge in [0, 0.05) is 15.8 Å². The molecule has 0 amide bonds. The molecule has 0 aromatic carbocycles. The first kappa shape index (κ1) is 8.27. The molecule has 1 unspecified atom stereocenters. The Morgan fingerprint density at radius 2 is 2.42 bits per heavy atom. The number of fused-ring (bicyclic) bond motifs is 1. The molecule has 2 rings (SSSR count). The maximum atomic E-state index is 3.36. The summed E-state index contributed by atoms with van der Waals surface area (Å²) >= 11 is 1.97. The van der Waals surface area contributed by atoms with Crippen molar-refractivity contribution < 1.29 is 0 Å². The lowest BCUT2D eigenvalue weighted by atomic mass is 9.94. The van der Waals surface area contributed by atoms with Gasteiger partial charge in [-0.15, -0.1) is 11.3 Å². The molecule has 0 radical (unpaired) electrons. The van der Waals surface area contributed by atoms with Crippen LogP contribution in [0.15, 0.2) is 6.07 Å². The Hall–Kier alpha value is -0.340. The first-order chi connectivity index (χ1) is 5.79. The number of hydrogen-bond acceptors (Lipinski definition) is 2. The molecule has 12 heavy (non-hydrogen) atoms. The Balaban J connectivity index is 2.22. The molecule has 1 aliphatic carbocycles. The van der Waals surface area contributed by atoms with Gasteiger partial charge in [0.15, 0.2) is 0 Å². The van der Waals surface area contributed by atoms with Gasteiger partial charge in [-0.1, -0.05) is 0 Å². The summed E-state index contributed by atoms with van der Waals surface area (Å²) in [5.74, 6) is 0. The van der Waals surface area contributed by atoms with Crippen molar-refractivity contribution in [3.63, 3.8) is 0 Å². The largest absolute Gasteiger partial charge is 0.317 e. The molecular formula is C10H15NS. The van der Waals surface area contributed by atoms with Crippen LogP contribution in [-0.4, -0.2) is 13.1 Å². The fourth-order valence-corrected chi connectivity index (χ4v) is 3.00. The van der Waals surface area contributed by atoms with Gasteiger partial charge < -0.3 is 5.32 Å². The highest BCUT2D eigenvalue weighted by Gasteiger charge is 2.18. The van der Waals surface area contributed by atoms with Crippen molar-refractivity contribution >= 4 is 11.3 Å². The third-order valence-electron chi connectivity index (χ3n) is 2.61. The Bertz CT molecular complexity index is 277. The molecule has 0 saturated heterocycles. The molecule has 1 aromatic rings. The van der Waals surface area contributed by atoms with Crippen LogP contribution in [0.2, 0.25) is 0 Å². The summed E-state index contributed by atoms with van der Waals surface area (Å²) in [6.07, 6.45) is 3.82. The van der Waals surface area contributed by atoms with Gasteiger partial charge in [-0.3, -0.25) is 0 Å². The highest BCUT2D eigenvalue weighted by atomic mass is 32.1. The topological polar surface area (TPSA) is 12.0 Å². The van der Waals surface area contributed by atoms with Crippen LogP contribution in [-0.2, 0) is 12.8 Å². The normalized spacial score (nSPS) is 22.3. The van der Waals surface area contributed by atoms with Crippen LogP contribution in [0.4, 0.5) is 0 Å². The van der Waals surface area contributed by atoms with Crippen molar-refractivity contribution in [2.75, 3.05) is 7.05 Å². The van der Waals surface area contributed by atoms with Gasteiger partial charge in [-0.25, -0.2) is 0 Å². The molecule has 1 heterocycles. The van der Waals surface area contributed by atoms with E-state index in [9.17, 15) is 0 Å². The molecule has 66 valence electrons. The average Bonchev–Trinajstić information content (AvgIpc) is 2.43. The van der Waals surface area contributed by atoms with Crippen LogP contribution in [0.25, 0.3) is 0 Å². The number of nitrogens with one attached hydrogen (secondary N) is 1. The van der Waals surface area contributed by atoms with Crippen molar-refractivity contribution in [1.29, 1.82) is 0 Å². The number of rotatable bonds is 1. The van der Waals surface area contributed by atoms with Gasteiger partial charge in [-0.05, 0) is 44.9 Å². The van der Waals surface area contributed by atoms with Crippen molar-refractivity contribution in [1.82, 2.24) is 5.32 Å². The second-order valence-corrected chi connectivity index (χ2v) is 4.87.